The summed E-state index contributed by atoms with van der Waals surface area (Å²) in [6.07, 6.45) is 0. The minimum atomic E-state index is 0.150. The minimum absolute atomic E-state index is 0.150. The van der Waals surface area contributed by atoms with Crippen LogP contribution in [0.5, 0.6) is 0 Å². The second kappa shape index (κ2) is 4.10. The average molecular weight is 264 g/mol. The van der Waals surface area contributed by atoms with E-state index >= 15 is 0 Å². The van der Waals surface area contributed by atoms with E-state index in [1.54, 1.807) is 6.92 Å². The van der Waals surface area contributed by atoms with E-state index in [2.05, 4.69) is 47.0 Å². The van der Waals surface area contributed by atoms with Gasteiger partial charge in [-0.1, -0.05) is 36.4 Å². The van der Waals surface area contributed by atoms with Crippen LogP contribution in [0.1, 0.15) is 12.5 Å². The van der Waals surface area contributed by atoms with E-state index in [4.69, 9.17) is 0 Å². The van der Waals surface area contributed by atoms with Crippen LogP contribution in [0, 0.1) is 0 Å². The number of hydrogen-bond acceptors (Lipinski definition) is 1. The van der Waals surface area contributed by atoms with Crippen molar-refractivity contribution in [1.82, 2.24) is 9.47 Å². The number of amides is 1. The monoisotopic (exact) mass is 264 g/mol. The fourth-order valence-electron chi connectivity index (χ4n) is 3.32. The van der Waals surface area contributed by atoms with Crippen LogP contribution in [0.2, 0.25) is 0 Å². The molecule has 0 N–H and O–H groups in total. The van der Waals surface area contributed by atoms with Gasteiger partial charge in [0.25, 0.3) is 0 Å². The maximum atomic E-state index is 11.7. The molecule has 2 heterocycles. The predicted molar refractivity (Wildman–Crippen MR) is 80.5 cm³/mol. The summed E-state index contributed by atoms with van der Waals surface area (Å²) in [5.74, 6) is 0.150. The van der Waals surface area contributed by atoms with Gasteiger partial charge in [-0.3, -0.25) is 4.79 Å². The van der Waals surface area contributed by atoms with E-state index in [-0.39, 0.29) is 5.91 Å². The molecule has 1 amide bonds. The molecular weight excluding hydrogens is 248 g/mol. The van der Waals surface area contributed by atoms with Crippen molar-refractivity contribution < 1.29 is 4.79 Å². The lowest BCUT2D eigenvalue weighted by molar-refractivity contribution is -0.129. The maximum Gasteiger partial charge on any atom is 0.219 e. The molecule has 3 heteroatoms. The van der Waals surface area contributed by atoms with Crippen LogP contribution < -0.4 is 0 Å². The van der Waals surface area contributed by atoms with Crippen molar-refractivity contribution >= 4 is 27.7 Å². The first-order valence-corrected chi connectivity index (χ1v) is 7.00. The van der Waals surface area contributed by atoms with Crippen LogP contribution in [0.25, 0.3) is 21.8 Å². The Kier molecular flexibility index (Phi) is 2.36. The lowest BCUT2D eigenvalue weighted by atomic mass is 10.1. The molecule has 0 fully saturated rings. The highest BCUT2D eigenvalue weighted by atomic mass is 16.2. The number of fused-ring (bicyclic) bond motifs is 3. The van der Waals surface area contributed by atoms with E-state index in [0.717, 1.165) is 13.1 Å². The van der Waals surface area contributed by atoms with Gasteiger partial charge in [0.2, 0.25) is 5.91 Å². The summed E-state index contributed by atoms with van der Waals surface area (Å²) in [7, 11) is 0. The highest BCUT2D eigenvalue weighted by Crippen LogP contribution is 2.33. The standard InChI is InChI=1S/C17H16N2O/c1-12(20)18-9-10-19-16-8-3-2-6-14(16)15-7-4-5-13(11-18)17(15)19/h2-8H,9-11H2,1H3. The van der Waals surface area contributed by atoms with E-state index in [1.165, 1.54) is 27.4 Å². The number of benzene rings is 2. The molecular formula is C17H16N2O. The largest absolute Gasteiger partial charge is 0.338 e. The lowest BCUT2D eigenvalue weighted by Crippen LogP contribution is -2.29. The molecule has 1 aromatic heterocycles. The van der Waals surface area contributed by atoms with Crippen molar-refractivity contribution in [2.45, 2.75) is 20.0 Å². The van der Waals surface area contributed by atoms with Gasteiger partial charge in [0.15, 0.2) is 0 Å². The zero-order chi connectivity index (χ0) is 13.7. The molecule has 3 nitrogen and oxygen atoms in total. The summed E-state index contributed by atoms with van der Waals surface area (Å²) in [5.41, 5.74) is 3.80. The molecule has 0 saturated carbocycles. The average Bonchev–Trinajstić information content (AvgIpc) is 2.65. The van der Waals surface area contributed by atoms with Crippen LogP contribution in [0.15, 0.2) is 42.5 Å². The molecule has 1 aliphatic heterocycles. The molecule has 100 valence electrons. The Hall–Kier alpha value is -2.29. The minimum Gasteiger partial charge on any atom is -0.338 e. The number of para-hydroxylation sites is 2. The van der Waals surface area contributed by atoms with Gasteiger partial charge < -0.3 is 9.47 Å². The summed E-state index contributed by atoms with van der Waals surface area (Å²) >= 11 is 0. The van der Waals surface area contributed by atoms with Crippen LogP contribution >= 0.6 is 0 Å². The van der Waals surface area contributed by atoms with Gasteiger partial charge in [-0.05, 0) is 11.6 Å². The first-order chi connectivity index (χ1) is 9.75. The second-order valence-electron chi connectivity index (χ2n) is 5.42. The Morgan fingerprint density at radius 3 is 2.65 bits per heavy atom. The molecule has 0 spiro atoms. The summed E-state index contributed by atoms with van der Waals surface area (Å²) in [6, 6.07) is 14.9. The number of aromatic nitrogens is 1. The molecule has 20 heavy (non-hydrogen) atoms. The van der Waals surface area contributed by atoms with Crippen molar-refractivity contribution in [2.24, 2.45) is 0 Å². The summed E-state index contributed by atoms with van der Waals surface area (Å²) < 4.78 is 2.36. The number of nitrogens with zero attached hydrogens (tertiary/aromatic N) is 2. The van der Waals surface area contributed by atoms with Gasteiger partial charge >= 0.3 is 0 Å². The topological polar surface area (TPSA) is 25.2 Å². The molecule has 1 aliphatic rings. The van der Waals surface area contributed by atoms with Crippen molar-refractivity contribution in [3.63, 3.8) is 0 Å². The zero-order valence-corrected chi connectivity index (χ0v) is 11.5. The number of carbonyl (C=O) groups excluding carboxylic acids is 1. The second-order valence-corrected chi connectivity index (χ2v) is 5.42. The van der Waals surface area contributed by atoms with Crippen LogP contribution in [-0.2, 0) is 17.9 Å². The van der Waals surface area contributed by atoms with Gasteiger partial charge in [0.1, 0.15) is 0 Å². The van der Waals surface area contributed by atoms with Crippen molar-refractivity contribution in [1.29, 1.82) is 0 Å². The first-order valence-electron chi connectivity index (χ1n) is 7.00. The fourth-order valence-corrected chi connectivity index (χ4v) is 3.32. The van der Waals surface area contributed by atoms with Crippen molar-refractivity contribution in [3.05, 3.63) is 48.0 Å². The SMILES string of the molecule is CC(=O)N1CCn2c3ccccc3c3cccc(c32)C1. The van der Waals surface area contributed by atoms with Gasteiger partial charge in [0, 0.05) is 42.8 Å². The third-order valence-electron chi connectivity index (χ3n) is 4.27. The Morgan fingerprint density at radius 1 is 1.00 bits per heavy atom. The Bertz CT molecular complexity index is 831. The normalized spacial score (nSPS) is 14.8. The highest BCUT2D eigenvalue weighted by Gasteiger charge is 2.20. The number of rotatable bonds is 0. The van der Waals surface area contributed by atoms with E-state index in [0.29, 0.717) is 6.54 Å². The summed E-state index contributed by atoms with van der Waals surface area (Å²) in [6.45, 7) is 4.00. The van der Waals surface area contributed by atoms with Crippen molar-refractivity contribution in [3.8, 4) is 0 Å². The van der Waals surface area contributed by atoms with Gasteiger partial charge in [-0.2, -0.15) is 0 Å². The molecule has 4 rings (SSSR count). The van der Waals surface area contributed by atoms with Gasteiger partial charge in [0.05, 0.1) is 5.52 Å². The van der Waals surface area contributed by atoms with Crippen LogP contribution in [0.3, 0.4) is 0 Å². The maximum absolute atomic E-state index is 11.7. The number of hydrogen-bond donors (Lipinski definition) is 0. The van der Waals surface area contributed by atoms with E-state index < -0.39 is 0 Å². The fraction of sp³-hybridized carbons (Fsp3) is 0.235. The Morgan fingerprint density at radius 2 is 1.80 bits per heavy atom. The first kappa shape index (κ1) is 11.5. The van der Waals surface area contributed by atoms with E-state index in [9.17, 15) is 4.79 Å². The smallest absolute Gasteiger partial charge is 0.219 e. The van der Waals surface area contributed by atoms with E-state index in [1.807, 2.05) is 4.90 Å². The highest BCUT2D eigenvalue weighted by molar-refractivity contribution is 6.09. The van der Waals surface area contributed by atoms with Crippen molar-refractivity contribution in [2.75, 3.05) is 6.54 Å². The summed E-state index contributed by atoms with van der Waals surface area (Å²) in [4.78, 5) is 13.7. The Balaban J connectivity index is 2.07. The molecule has 3 aromatic rings. The summed E-state index contributed by atoms with van der Waals surface area (Å²) in [5, 5.41) is 2.60. The Labute approximate surface area is 117 Å². The number of carbonyl (C=O) groups is 1. The van der Waals surface area contributed by atoms with Gasteiger partial charge in [-0.15, -0.1) is 0 Å². The molecule has 0 aliphatic carbocycles. The molecule has 0 saturated heterocycles. The third-order valence-corrected chi connectivity index (χ3v) is 4.27. The third kappa shape index (κ3) is 1.49. The molecule has 0 bridgehead atoms. The van der Waals surface area contributed by atoms with Gasteiger partial charge in [-0.25, -0.2) is 0 Å². The molecule has 0 unspecified atom stereocenters. The molecule has 0 radical (unpaired) electrons. The quantitative estimate of drug-likeness (QED) is 0.612. The van der Waals surface area contributed by atoms with Crippen LogP contribution in [0.4, 0.5) is 0 Å². The predicted octanol–water partition coefficient (Wildman–Crippen LogP) is 3.16. The zero-order valence-electron chi connectivity index (χ0n) is 11.5. The lowest BCUT2D eigenvalue weighted by Gasteiger charge is -2.18. The molecule has 2 aromatic carbocycles. The van der Waals surface area contributed by atoms with Crippen LogP contribution in [-0.4, -0.2) is 21.9 Å². The molecule has 0 atom stereocenters.